The van der Waals surface area contributed by atoms with Crippen LogP contribution < -0.4 is 0 Å². The molecule has 3 fully saturated rings. The monoisotopic (exact) mass is 279 g/mol. The van der Waals surface area contributed by atoms with Crippen LogP contribution in [0.3, 0.4) is 0 Å². The van der Waals surface area contributed by atoms with E-state index in [1.165, 1.54) is 51.7 Å². The molecule has 0 bridgehead atoms. The topological polar surface area (TPSA) is 26.8 Å². The Kier molecular flexibility index (Phi) is 4.61. The lowest BCUT2D eigenvalue weighted by molar-refractivity contribution is -0.135. The van der Waals surface area contributed by atoms with E-state index in [2.05, 4.69) is 21.6 Å². The van der Waals surface area contributed by atoms with E-state index in [0.717, 1.165) is 32.1 Å². The second-order valence-corrected chi connectivity index (χ2v) is 6.87. The van der Waals surface area contributed by atoms with Crippen molar-refractivity contribution in [2.75, 3.05) is 45.8 Å². The van der Waals surface area contributed by atoms with Crippen molar-refractivity contribution in [1.82, 2.24) is 14.7 Å². The summed E-state index contributed by atoms with van der Waals surface area (Å²) in [7, 11) is 0. The SMILES string of the molecule is CC(C(=O)N1CCCC1)N1CCC(CN2CCCC2)C1. The number of carbonyl (C=O) groups is 1. The Bertz CT molecular complexity index is 335. The van der Waals surface area contributed by atoms with Gasteiger partial charge in [0.2, 0.25) is 5.91 Å². The first-order valence-electron chi connectivity index (χ1n) is 8.49. The average molecular weight is 279 g/mol. The van der Waals surface area contributed by atoms with Crippen molar-refractivity contribution in [3.63, 3.8) is 0 Å². The molecule has 2 atom stereocenters. The summed E-state index contributed by atoms with van der Waals surface area (Å²) in [6.07, 6.45) is 6.40. The number of hydrogen-bond donors (Lipinski definition) is 0. The van der Waals surface area contributed by atoms with Crippen LogP contribution in [0.4, 0.5) is 0 Å². The van der Waals surface area contributed by atoms with Crippen molar-refractivity contribution in [1.29, 1.82) is 0 Å². The van der Waals surface area contributed by atoms with Crippen molar-refractivity contribution < 1.29 is 4.79 Å². The summed E-state index contributed by atoms with van der Waals surface area (Å²) < 4.78 is 0. The van der Waals surface area contributed by atoms with Gasteiger partial charge in [-0.2, -0.15) is 0 Å². The average Bonchev–Trinajstić information content (AvgIpc) is 3.19. The number of likely N-dealkylation sites (tertiary alicyclic amines) is 3. The molecule has 0 aromatic heterocycles. The lowest BCUT2D eigenvalue weighted by Crippen LogP contribution is -2.45. The molecule has 0 aromatic rings. The van der Waals surface area contributed by atoms with E-state index in [-0.39, 0.29) is 6.04 Å². The first-order chi connectivity index (χ1) is 9.74. The number of rotatable bonds is 4. The highest BCUT2D eigenvalue weighted by molar-refractivity contribution is 5.81. The Morgan fingerprint density at radius 1 is 1.05 bits per heavy atom. The molecular formula is C16H29N3O. The smallest absolute Gasteiger partial charge is 0.239 e. The van der Waals surface area contributed by atoms with Crippen LogP contribution in [0.25, 0.3) is 0 Å². The molecule has 0 aromatic carbocycles. The third-order valence-electron chi connectivity index (χ3n) is 5.36. The number of amides is 1. The zero-order chi connectivity index (χ0) is 13.9. The maximum absolute atomic E-state index is 12.5. The Hall–Kier alpha value is -0.610. The van der Waals surface area contributed by atoms with Gasteiger partial charge in [-0.05, 0) is 64.6 Å². The fourth-order valence-corrected chi connectivity index (χ4v) is 4.05. The summed E-state index contributed by atoms with van der Waals surface area (Å²) in [5.74, 6) is 1.14. The lowest BCUT2D eigenvalue weighted by atomic mass is 10.1. The Labute approximate surface area is 123 Å². The van der Waals surface area contributed by atoms with E-state index in [1.807, 2.05) is 0 Å². The minimum atomic E-state index is 0.0941. The first-order valence-corrected chi connectivity index (χ1v) is 8.49. The van der Waals surface area contributed by atoms with Gasteiger partial charge in [-0.1, -0.05) is 0 Å². The standard InChI is InChI=1S/C16H29N3O/c1-14(16(20)18-9-4-5-10-18)19-11-6-15(13-19)12-17-7-2-3-8-17/h14-15H,2-13H2,1H3. The van der Waals surface area contributed by atoms with Crippen LogP contribution in [-0.2, 0) is 4.79 Å². The lowest BCUT2D eigenvalue weighted by Gasteiger charge is -2.28. The van der Waals surface area contributed by atoms with Crippen LogP contribution in [0, 0.1) is 5.92 Å². The molecule has 2 unspecified atom stereocenters. The fourth-order valence-electron chi connectivity index (χ4n) is 4.05. The summed E-state index contributed by atoms with van der Waals surface area (Å²) in [6.45, 7) is 10.1. The molecular weight excluding hydrogens is 250 g/mol. The molecule has 1 amide bonds. The number of carbonyl (C=O) groups excluding carboxylic acids is 1. The summed E-state index contributed by atoms with van der Waals surface area (Å²) in [5.41, 5.74) is 0. The molecule has 0 aliphatic carbocycles. The number of hydrogen-bond acceptors (Lipinski definition) is 3. The Morgan fingerprint density at radius 3 is 2.40 bits per heavy atom. The molecule has 3 aliphatic rings. The second-order valence-electron chi connectivity index (χ2n) is 6.87. The van der Waals surface area contributed by atoms with Crippen LogP contribution in [-0.4, -0.2) is 72.5 Å². The van der Waals surface area contributed by atoms with E-state index >= 15 is 0 Å². The summed E-state index contributed by atoms with van der Waals surface area (Å²) in [5, 5.41) is 0. The Balaban J connectivity index is 1.47. The summed E-state index contributed by atoms with van der Waals surface area (Å²) in [6, 6.07) is 0.0941. The first kappa shape index (κ1) is 14.3. The minimum Gasteiger partial charge on any atom is -0.341 e. The van der Waals surface area contributed by atoms with Gasteiger partial charge in [0.1, 0.15) is 0 Å². The second kappa shape index (κ2) is 6.44. The van der Waals surface area contributed by atoms with Crippen LogP contribution >= 0.6 is 0 Å². The predicted molar refractivity (Wildman–Crippen MR) is 80.6 cm³/mol. The van der Waals surface area contributed by atoms with Crippen LogP contribution in [0.5, 0.6) is 0 Å². The van der Waals surface area contributed by atoms with Gasteiger partial charge in [-0.3, -0.25) is 9.69 Å². The molecule has 4 heteroatoms. The van der Waals surface area contributed by atoms with Gasteiger partial charge in [0, 0.05) is 26.2 Å². The van der Waals surface area contributed by atoms with Gasteiger partial charge >= 0.3 is 0 Å². The van der Waals surface area contributed by atoms with Gasteiger partial charge in [0.15, 0.2) is 0 Å². The molecule has 0 radical (unpaired) electrons. The summed E-state index contributed by atoms with van der Waals surface area (Å²) in [4.78, 5) is 19.6. The third kappa shape index (κ3) is 3.17. The molecule has 3 rings (SSSR count). The zero-order valence-electron chi connectivity index (χ0n) is 12.9. The van der Waals surface area contributed by atoms with Gasteiger partial charge in [-0.15, -0.1) is 0 Å². The van der Waals surface area contributed by atoms with E-state index < -0.39 is 0 Å². The van der Waals surface area contributed by atoms with Crippen molar-refractivity contribution in [3.8, 4) is 0 Å². The van der Waals surface area contributed by atoms with E-state index in [0.29, 0.717) is 5.91 Å². The van der Waals surface area contributed by atoms with Gasteiger partial charge in [0.05, 0.1) is 6.04 Å². The van der Waals surface area contributed by atoms with Crippen molar-refractivity contribution >= 4 is 5.91 Å². The highest BCUT2D eigenvalue weighted by Gasteiger charge is 2.33. The van der Waals surface area contributed by atoms with Crippen LogP contribution in [0.2, 0.25) is 0 Å². The van der Waals surface area contributed by atoms with Crippen molar-refractivity contribution in [2.24, 2.45) is 5.92 Å². The Morgan fingerprint density at radius 2 is 1.70 bits per heavy atom. The van der Waals surface area contributed by atoms with E-state index in [9.17, 15) is 4.79 Å². The fraction of sp³-hybridized carbons (Fsp3) is 0.938. The van der Waals surface area contributed by atoms with Crippen molar-refractivity contribution in [2.45, 2.75) is 45.1 Å². The molecule has 0 N–H and O–H groups in total. The molecule has 114 valence electrons. The maximum Gasteiger partial charge on any atom is 0.239 e. The van der Waals surface area contributed by atoms with Crippen molar-refractivity contribution in [3.05, 3.63) is 0 Å². The highest BCUT2D eigenvalue weighted by atomic mass is 16.2. The molecule has 3 heterocycles. The van der Waals surface area contributed by atoms with Gasteiger partial charge < -0.3 is 9.80 Å². The normalized spacial score (nSPS) is 30.2. The van der Waals surface area contributed by atoms with Crippen LogP contribution in [0.1, 0.15) is 39.0 Å². The predicted octanol–water partition coefficient (Wildman–Crippen LogP) is 1.42. The molecule has 3 saturated heterocycles. The highest BCUT2D eigenvalue weighted by Crippen LogP contribution is 2.23. The molecule has 3 aliphatic heterocycles. The van der Waals surface area contributed by atoms with Gasteiger partial charge in [-0.25, -0.2) is 0 Å². The molecule has 20 heavy (non-hydrogen) atoms. The minimum absolute atomic E-state index is 0.0941. The molecule has 4 nitrogen and oxygen atoms in total. The van der Waals surface area contributed by atoms with E-state index in [1.54, 1.807) is 0 Å². The van der Waals surface area contributed by atoms with E-state index in [4.69, 9.17) is 0 Å². The largest absolute Gasteiger partial charge is 0.341 e. The molecule has 0 saturated carbocycles. The zero-order valence-corrected chi connectivity index (χ0v) is 12.9. The third-order valence-corrected chi connectivity index (χ3v) is 5.36. The number of nitrogens with zero attached hydrogens (tertiary/aromatic N) is 3. The maximum atomic E-state index is 12.5. The summed E-state index contributed by atoms with van der Waals surface area (Å²) >= 11 is 0. The van der Waals surface area contributed by atoms with Gasteiger partial charge in [0.25, 0.3) is 0 Å². The quantitative estimate of drug-likeness (QED) is 0.778. The molecule has 0 spiro atoms. The van der Waals surface area contributed by atoms with Crippen LogP contribution in [0.15, 0.2) is 0 Å².